The number of rotatable bonds is 5. The zero-order valence-corrected chi connectivity index (χ0v) is 16.1. The van der Waals surface area contributed by atoms with Crippen LogP contribution in [-0.4, -0.2) is 17.3 Å². The fourth-order valence-corrected chi connectivity index (χ4v) is 3.60. The van der Waals surface area contributed by atoms with Crippen molar-refractivity contribution in [3.63, 3.8) is 0 Å². The highest BCUT2D eigenvalue weighted by Gasteiger charge is 2.33. The summed E-state index contributed by atoms with van der Waals surface area (Å²) in [6, 6.07) is 13.3. The lowest BCUT2D eigenvalue weighted by molar-refractivity contribution is 0.0962. The number of fused-ring (bicyclic) bond motifs is 1. The Morgan fingerprint density at radius 3 is 2.75 bits per heavy atom. The Morgan fingerprint density at radius 1 is 1.18 bits per heavy atom. The molecule has 4 nitrogen and oxygen atoms in total. The van der Waals surface area contributed by atoms with Gasteiger partial charge in [-0.3, -0.25) is 4.79 Å². The van der Waals surface area contributed by atoms with Gasteiger partial charge in [-0.25, -0.2) is 9.37 Å². The van der Waals surface area contributed by atoms with Crippen LogP contribution < -0.4 is 10.1 Å². The molecule has 142 valence electrons. The number of hydrogen-bond acceptors (Lipinski definition) is 4. The molecule has 0 saturated carbocycles. The predicted octanol–water partition coefficient (Wildman–Crippen LogP) is 5.50. The Balaban J connectivity index is 1.60. The molecule has 0 saturated heterocycles. The van der Waals surface area contributed by atoms with Gasteiger partial charge in [0.05, 0.1) is 16.5 Å². The second-order valence-electron chi connectivity index (χ2n) is 6.39. The summed E-state index contributed by atoms with van der Waals surface area (Å²) in [5.74, 6) is -0.752. The van der Waals surface area contributed by atoms with Crippen molar-refractivity contribution in [2.75, 3.05) is 11.9 Å². The van der Waals surface area contributed by atoms with Gasteiger partial charge in [0, 0.05) is 23.3 Å². The van der Waals surface area contributed by atoms with Crippen LogP contribution in [0.2, 0.25) is 10.0 Å². The van der Waals surface area contributed by atoms with Crippen molar-refractivity contribution in [3.8, 4) is 5.75 Å². The van der Waals surface area contributed by atoms with Crippen LogP contribution in [0.1, 0.15) is 27.4 Å². The Kier molecular flexibility index (Phi) is 5.20. The predicted molar refractivity (Wildman–Crippen MR) is 107 cm³/mol. The Labute approximate surface area is 171 Å². The molecule has 1 aliphatic heterocycles. The molecule has 0 bridgehead atoms. The summed E-state index contributed by atoms with van der Waals surface area (Å²) >= 11 is 12.2. The Hall–Kier alpha value is -2.63. The number of Topliss-reactive ketones (excluding diaryl/α,β-unsaturated/α-hetero) is 1. The van der Waals surface area contributed by atoms with E-state index in [4.69, 9.17) is 27.9 Å². The molecule has 0 spiro atoms. The summed E-state index contributed by atoms with van der Waals surface area (Å²) < 4.78 is 20.2. The number of aromatic nitrogens is 1. The van der Waals surface area contributed by atoms with Crippen molar-refractivity contribution < 1.29 is 13.9 Å². The van der Waals surface area contributed by atoms with Gasteiger partial charge in [-0.05, 0) is 35.9 Å². The van der Waals surface area contributed by atoms with E-state index in [1.165, 1.54) is 12.1 Å². The van der Waals surface area contributed by atoms with E-state index >= 15 is 0 Å². The van der Waals surface area contributed by atoms with Crippen LogP contribution in [-0.2, 0) is 6.61 Å². The number of carbonyl (C=O) groups is 1. The summed E-state index contributed by atoms with van der Waals surface area (Å²) in [6.45, 7) is 0.560. The van der Waals surface area contributed by atoms with E-state index in [0.717, 1.165) is 11.1 Å². The first kappa shape index (κ1) is 18.7. The van der Waals surface area contributed by atoms with Gasteiger partial charge in [-0.1, -0.05) is 41.4 Å². The highest BCUT2D eigenvalue weighted by Crippen LogP contribution is 2.37. The second-order valence-corrected chi connectivity index (χ2v) is 7.20. The van der Waals surface area contributed by atoms with E-state index in [9.17, 15) is 9.18 Å². The van der Waals surface area contributed by atoms with Crippen molar-refractivity contribution in [1.29, 1.82) is 0 Å². The van der Waals surface area contributed by atoms with Gasteiger partial charge in [0.25, 0.3) is 0 Å². The number of nitrogens with zero attached hydrogens (tertiary/aromatic N) is 1. The molecule has 28 heavy (non-hydrogen) atoms. The Bertz CT molecular complexity index is 1040. The number of ketones is 1. The average molecular weight is 417 g/mol. The topological polar surface area (TPSA) is 51.2 Å². The van der Waals surface area contributed by atoms with Crippen LogP contribution >= 0.6 is 23.2 Å². The maximum absolute atomic E-state index is 14.5. The number of nitrogens with one attached hydrogen (secondary N) is 1. The minimum Gasteiger partial charge on any atom is -0.487 e. The Morgan fingerprint density at radius 2 is 1.96 bits per heavy atom. The van der Waals surface area contributed by atoms with Crippen LogP contribution in [0, 0.1) is 5.82 Å². The van der Waals surface area contributed by atoms with Gasteiger partial charge in [0.1, 0.15) is 24.0 Å². The largest absolute Gasteiger partial charge is 0.487 e. The second kappa shape index (κ2) is 7.78. The quantitative estimate of drug-likeness (QED) is 0.557. The molecule has 2 heterocycles. The molecule has 1 aromatic heterocycles. The maximum Gasteiger partial charge on any atom is 0.176 e. The maximum atomic E-state index is 14.5. The standard InChI is InChI=1S/C21H15Cl2FN2O2/c22-13-5-3-12(4-6-13)11-28-17-8-7-16(24)18(19(17)23)20(27)15-10-26-21-14(15)2-1-9-25-21/h1-9,15H,10-11H2,(H,25,26). The number of anilines is 1. The van der Waals surface area contributed by atoms with Gasteiger partial charge >= 0.3 is 0 Å². The van der Waals surface area contributed by atoms with E-state index in [0.29, 0.717) is 17.4 Å². The first-order chi connectivity index (χ1) is 13.5. The number of hydrogen-bond donors (Lipinski definition) is 1. The average Bonchev–Trinajstić information content (AvgIpc) is 3.13. The first-order valence-corrected chi connectivity index (χ1v) is 9.38. The zero-order valence-electron chi connectivity index (χ0n) is 14.6. The van der Waals surface area contributed by atoms with Crippen molar-refractivity contribution in [1.82, 2.24) is 4.98 Å². The van der Waals surface area contributed by atoms with E-state index in [1.54, 1.807) is 30.5 Å². The SMILES string of the molecule is O=C(c1c(F)ccc(OCc2ccc(Cl)cc2)c1Cl)C1CNc2ncccc21. The first-order valence-electron chi connectivity index (χ1n) is 8.63. The van der Waals surface area contributed by atoms with Gasteiger partial charge in [-0.15, -0.1) is 0 Å². The van der Waals surface area contributed by atoms with Crippen molar-refractivity contribution in [2.24, 2.45) is 0 Å². The van der Waals surface area contributed by atoms with Crippen LogP contribution in [0.25, 0.3) is 0 Å². The molecular formula is C21H15Cl2FN2O2. The molecule has 1 N–H and O–H groups in total. The number of halogens is 3. The van der Waals surface area contributed by atoms with Crippen LogP contribution in [0.4, 0.5) is 10.2 Å². The lowest BCUT2D eigenvalue weighted by Gasteiger charge is -2.14. The van der Waals surface area contributed by atoms with Gasteiger partial charge in [-0.2, -0.15) is 0 Å². The third-order valence-corrected chi connectivity index (χ3v) is 5.24. The number of pyridine rings is 1. The number of benzene rings is 2. The van der Waals surface area contributed by atoms with Crippen LogP contribution in [0.5, 0.6) is 5.75 Å². The van der Waals surface area contributed by atoms with E-state index in [2.05, 4.69) is 10.3 Å². The molecule has 4 rings (SSSR count). The number of ether oxygens (including phenoxy) is 1. The van der Waals surface area contributed by atoms with E-state index < -0.39 is 17.5 Å². The monoisotopic (exact) mass is 416 g/mol. The molecule has 1 atom stereocenters. The molecule has 3 aromatic rings. The van der Waals surface area contributed by atoms with E-state index in [1.807, 2.05) is 12.1 Å². The zero-order chi connectivity index (χ0) is 19.7. The molecule has 1 aliphatic rings. The van der Waals surface area contributed by atoms with Gasteiger partial charge < -0.3 is 10.1 Å². The summed E-state index contributed by atoms with van der Waals surface area (Å²) in [4.78, 5) is 17.2. The van der Waals surface area contributed by atoms with Crippen molar-refractivity contribution in [3.05, 3.63) is 87.3 Å². The third kappa shape index (κ3) is 3.55. The normalized spacial score (nSPS) is 15.0. The van der Waals surface area contributed by atoms with Gasteiger partial charge in [0.15, 0.2) is 5.78 Å². The van der Waals surface area contributed by atoms with E-state index in [-0.39, 0.29) is 22.9 Å². The summed E-state index contributed by atoms with van der Waals surface area (Å²) in [5.41, 5.74) is 1.44. The minimum atomic E-state index is -0.675. The molecule has 0 radical (unpaired) electrons. The summed E-state index contributed by atoms with van der Waals surface area (Å²) in [5, 5.41) is 3.66. The molecule has 0 fully saturated rings. The highest BCUT2D eigenvalue weighted by atomic mass is 35.5. The molecule has 2 aromatic carbocycles. The van der Waals surface area contributed by atoms with Crippen molar-refractivity contribution >= 4 is 34.8 Å². The van der Waals surface area contributed by atoms with Crippen LogP contribution in [0.15, 0.2) is 54.7 Å². The lowest BCUT2D eigenvalue weighted by atomic mass is 9.93. The molecule has 0 aliphatic carbocycles. The molecular weight excluding hydrogens is 402 g/mol. The van der Waals surface area contributed by atoms with Crippen molar-refractivity contribution in [2.45, 2.75) is 12.5 Å². The van der Waals surface area contributed by atoms with Crippen LogP contribution in [0.3, 0.4) is 0 Å². The fourth-order valence-electron chi connectivity index (χ4n) is 3.18. The molecule has 7 heteroatoms. The molecule has 1 unspecified atom stereocenters. The summed E-state index contributed by atoms with van der Waals surface area (Å²) in [7, 11) is 0. The highest BCUT2D eigenvalue weighted by molar-refractivity contribution is 6.35. The summed E-state index contributed by atoms with van der Waals surface area (Å²) in [6.07, 6.45) is 1.64. The fraction of sp³-hybridized carbons (Fsp3) is 0.143. The minimum absolute atomic E-state index is 0.0312. The molecule has 0 amide bonds. The number of carbonyl (C=O) groups excluding carboxylic acids is 1. The lowest BCUT2D eigenvalue weighted by Crippen LogP contribution is -2.17. The smallest absolute Gasteiger partial charge is 0.176 e. The van der Waals surface area contributed by atoms with Gasteiger partial charge in [0.2, 0.25) is 0 Å². The third-order valence-electron chi connectivity index (χ3n) is 4.61.